The van der Waals surface area contributed by atoms with Gasteiger partial charge in [0.15, 0.2) is 5.96 Å². The van der Waals surface area contributed by atoms with Gasteiger partial charge in [-0.05, 0) is 36.8 Å². The highest BCUT2D eigenvalue weighted by atomic mass is 127. The van der Waals surface area contributed by atoms with Crippen LogP contribution in [0, 0.1) is 0 Å². The first-order chi connectivity index (χ1) is 15.3. The standard InChI is InChI=1S/C25H34N4O2.HI/c1-2-26-25(29-14-12-24(13-15-29)31-23-6-4-3-5-7-23)27-20-21-8-10-22(11-9-21)28-16-18-30-19-17-28;/h3-11,24H,2,12-20H2,1H3,(H,26,27);1H. The number of hydrogen-bond acceptors (Lipinski definition) is 4. The molecule has 2 aromatic rings. The minimum absolute atomic E-state index is 0. The van der Waals surface area contributed by atoms with Crippen LogP contribution in [0.1, 0.15) is 25.3 Å². The number of nitrogens with one attached hydrogen (secondary N) is 1. The molecule has 0 spiro atoms. The van der Waals surface area contributed by atoms with Crippen molar-refractivity contribution in [3.8, 4) is 5.75 Å². The lowest BCUT2D eigenvalue weighted by atomic mass is 10.1. The van der Waals surface area contributed by atoms with Gasteiger partial charge >= 0.3 is 0 Å². The molecule has 0 bridgehead atoms. The molecule has 1 N–H and O–H groups in total. The molecule has 4 rings (SSSR count). The molecule has 0 unspecified atom stereocenters. The Bertz CT molecular complexity index is 818. The number of ether oxygens (including phenoxy) is 2. The van der Waals surface area contributed by atoms with Crippen molar-refractivity contribution in [1.82, 2.24) is 10.2 Å². The molecule has 32 heavy (non-hydrogen) atoms. The Morgan fingerprint density at radius 1 is 1.00 bits per heavy atom. The maximum atomic E-state index is 6.14. The van der Waals surface area contributed by atoms with Crippen LogP contribution in [-0.2, 0) is 11.3 Å². The van der Waals surface area contributed by atoms with Gasteiger partial charge in [-0.2, -0.15) is 0 Å². The summed E-state index contributed by atoms with van der Waals surface area (Å²) in [6.07, 6.45) is 2.29. The fourth-order valence-electron chi connectivity index (χ4n) is 4.10. The lowest BCUT2D eigenvalue weighted by Crippen LogP contribution is -2.47. The molecule has 0 amide bonds. The number of morpholine rings is 1. The normalized spacial score (nSPS) is 17.6. The van der Waals surface area contributed by atoms with Crippen molar-refractivity contribution in [3.05, 3.63) is 60.2 Å². The number of halogens is 1. The Morgan fingerprint density at radius 2 is 1.69 bits per heavy atom. The lowest BCUT2D eigenvalue weighted by Gasteiger charge is -2.34. The van der Waals surface area contributed by atoms with Gasteiger partial charge in [0, 0.05) is 51.3 Å². The zero-order chi connectivity index (χ0) is 21.3. The molecule has 0 atom stereocenters. The number of benzene rings is 2. The molecule has 0 radical (unpaired) electrons. The van der Waals surface area contributed by atoms with E-state index in [2.05, 4.69) is 46.3 Å². The van der Waals surface area contributed by atoms with Crippen LogP contribution in [0.25, 0.3) is 0 Å². The van der Waals surface area contributed by atoms with E-state index in [0.29, 0.717) is 6.54 Å². The summed E-state index contributed by atoms with van der Waals surface area (Å²) < 4.78 is 11.6. The van der Waals surface area contributed by atoms with Gasteiger partial charge in [0.2, 0.25) is 0 Å². The molecule has 2 saturated heterocycles. The van der Waals surface area contributed by atoms with Crippen molar-refractivity contribution >= 4 is 35.6 Å². The van der Waals surface area contributed by atoms with Crippen molar-refractivity contribution in [2.24, 2.45) is 4.99 Å². The first-order valence-corrected chi connectivity index (χ1v) is 11.5. The number of para-hydroxylation sites is 1. The number of guanidine groups is 1. The summed E-state index contributed by atoms with van der Waals surface area (Å²) in [6.45, 7) is 9.15. The Labute approximate surface area is 209 Å². The highest BCUT2D eigenvalue weighted by molar-refractivity contribution is 14.0. The number of nitrogens with zero attached hydrogens (tertiary/aromatic N) is 3. The van der Waals surface area contributed by atoms with Gasteiger partial charge in [-0.25, -0.2) is 4.99 Å². The van der Waals surface area contributed by atoms with Gasteiger partial charge in [-0.3, -0.25) is 0 Å². The zero-order valence-electron chi connectivity index (χ0n) is 18.9. The molecule has 2 heterocycles. The molecule has 2 fully saturated rings. The van der Waals surface area contributed by atoms with Crippen molar-refractivity contribution in [3.63, 3.8) is 0 Å². The van der Waals surface area contributed by atoms with Crippen LogP contribution in [0.4, 0.5) is 5.69 Å². The molecule has 0 saturated carbocycles. The van der Waals surface area contributed by atoms with E-state index in [1.54, 1.807) is 0 Å². The van der Waals surface area contributed by atoms with Gasteiger partial charge < -0.3 is 24.6 Å². The molecule has 7 heteroatoms. The van der Waals surface area contributed by atoms with Gasteiger partial charge in [0.1, 0.15) is 11.9 Å². The molecule has 0 aromatic heterocycles. The predicted octanol–water partition coefficient (Wildman–Crippen LogP) is 4.15. The molecular formula is C25H35IN4O2. The first-order valence-electron chi connectivity index (χ1n) is 11.5. The molecule has 2 aliphatic heterocycles. The number of hydrogen-bond donors (Lipinski definition) is 1. The molecule has 2 aromatic carbocycles. The molecule has 0 aliphatic carbocycles. The number of rotatable bonds is 6. The zero-order valence-corrected chi connectivity index (χ0v) is 21.2. The summed E-state index contributed by atoms with van der Waals surface area (Å²) in [6, 6.07) is 18.9. The van der Waals surface area contributed by atoms with Crippen molar-refractivity contribution < 1.29 is 9.47 Å². The van der Waals surface area contributed by atoms with Gasteiger partial charge in [0.25, 0.3) is 0 Å². The lowest BCUT2D eigenvalue weighted by molar-refractivity contribution is 0.122. The largest absolute Gasteiger partial charge is 0.490 e. The third-order valence-electron chi connectivity index (χ3n) is 5.85. The predicted molar refractivity (Wildman–Crippen MR) is 141 cm³/mol. The van der Waals surface area contributed by atoms with E-state index in [1.807, 2.05) is 30.3 Å². The third-order valence-corrected chi connectivity index (χ3v) is 5.85. The number of anilines is 1. The minimum Gasteiger partial charge on any atom is -0.490 e. The van der Waals surface area contributed by atoms with Crippen LogP contribution in [0.15, 0.2) is 59.6 Å². The fraction of sp³-hybridized carbons (Fsp3) is 0.480. The Hall–Kier alpha value is -2.00. The van der Waals surface area contributed by atoms with Gasteiger partial charge in [-0.15, -0.1) is 24.0 Å². The summed E-state index contributed by atoms with van der Waals surface area (Å²) in [5, 5.41) is 3.46. The third kappa shape index (κ3) is 7.00. The maximum absolute atomic E-state index is 6.14. The van der Waals surface area contributed by atoms with Crippen LogP contribution < -0.4 is 15.0 Å². The number of likely N-dealkylation sites (tertiary alicyclic amines) is 1. The average Bonchev–Trinajstić information content (AvgIpc) is 2.84. The number of piperidine rings is 1. The second kappa shape index (κ2) is 12.9. The monoisotopic (exact) mass is 550 g/mol. The second-order valence-electron chi connectivity index (χ2n) is 8.05. The Morgan fingerprint density at radius 3 is 2.34 bits per heavy atom. The van der Waals surface area contributed by atoms with E-state index in [9.17, 15) is 0 Å². The molecule has 174 valence electrons. The van der Waals surface area contributed by atoms with E-state index < -0.39 is 0 Å². The minimum atomic E-state index is 0. The quantitative estimate of drug-likeness (QED) is 0.333. The van der Waals surface area contributed by atoms with Crippen LogP contribution in [0.3, 0.4) is 0 Å². The van der Waals surface area contributed by atoms with Gasteiger partial charge in [0.05, 0.1) is 19.8 Å². The first kappa shape index (κ1) is 24.6. The Kier molecular flexibility index (Phi) is 9.92. The topological polar surface area (TPSA) is 49.3 Å². The van der Waals surface area contributed by atoms with Crippen LogP contribution in [0.5, 0.6) is 5.75 Å². The summed E-state index contributed by atoms with van der Waals surface area (Å²) in [5.74, 6) is 1.96. The van der Waals surface area contributed by atoms with E-state index >= 15 is 0 Å². The van der Waals surface area contributed by atoms with E-state index in [1.165, 1.54) is 11.3 Å². The summed E-state index contributed by atoms with van der Waals surface area (Å²) in [4.78, 5) is 9.65. The molecular weight excluding hydrogens is 515 g/mol. The summed E-state index contributed by atoms with van der Waals surface area (Å²) >= 11 is 0. The molecule has 6 nitrogen and oxygen atoms in total. The van der Waals surface area contributed by atoms with Crippen LogP contribution in [0.2, 0.25) is 0 Å². The maximum Gasteiger partial charge on any atom is 0.194 e. The van der Waals surface area contributed by atoms with Crippen LogP contribution in [-0.4, -0.2) is 62.9 Å². The average molecular weight is 550 g/mol. The van der Waals surface area contributed by atoms with Crippen molar-refractivity contribution in [2.45, 2.75) is 32.4 Å². The Balaban J connectivity index is 0.00000289. The summed E-state index contributed by atoms with van der Waals surface area (Å²) in [5.41, 5.74) is 2.50. The van der Waals surface area contributed by atoms with Gasteiger partial charge in [-0.1, -0.05) is 30.3 Å². The van der Waals surface area contributed by atoms with Crippen molar-refractivity contribution in [2.75, 3.05) is 50.8 Å². The molecule has 2 aliphatic rings. The number of aliphatic imine (C=N–C) groups is 1. The summed E-state index contributed by atoms with van der Waals surface area (Å²) in [7, 11) is 0. The fourth-order valence-corrected chi connectivity index (χ4v) is 4.10. The highest BCUT2D eigenvalue weighted by Gasteiger charge is 2.22. The SMILES string of the molecule is CCNC(=NCc1ccc(N2CCOCC2)cc1)N1CCC(Oc2ccccc2)CC1.I. The van der Waals surface area contributed by atoms with Crippen molar-refractivity contribution in [1.29, 1.82) is 0 Å². The van der Waals surface area contributed by atoms with E-state index in [4.69, 9.17) is 14.5 Å². The van der Waals surface area contributed by atoms with Crippen LogP contribution >= 0.6 is 24.0 Å². The highest BCUT2D eigenvalue weighted by Crippen LogP contribution is 2.20. The second-order valence-corrected chi connectivity index (χ2v) is 8.05. The van der Waals surface area contributed by atoms with E-state index in [-0.39, 0.29) is 30.1 Å². The smallest absolute Gasteiger partial charge is 0.194 e. The van der Waals surface area contributed by atoms with E-state index in [0.717, 1.165) is 70.5 Å².